The lowest BCUT2D eigenvalue weighted by Gasteiger charge is -2.27. The molecule has 1 aromatic rings. The summed E-state index contributed by atoms with van der Waals surface area (Å²) < 4.78 is 0. The van der Waals surface area contributed by atoms with Gasteiger partial charge in [0.05, 0.1) is 16.9 Å². The molecule has 0 bridgehead atoms. The molecule has 1 atom stereocenters. The summed E-state index contributed by atoms with van der Waals surface area (Å²) in [5.74, 6) is -0.715. The van der Waals surface area contributed by atoms with E-state index in [4.69, 9.17) is 5.11 Å². The number of benzene rings is 1. The third kappa shape index (κ3) is 1.63. The van der Waals surface area contributed by atoms with Gasteiger partial charge in [0, 0.05) is 0 Å². The van der Waals surface area contributed by atoms with Gasteiger partial charge >= 0.3 is 5.97 Å². The van der Waals surface area contributed by atoms with Crippen molar-refractivity contribution in [2.75, 3.05) is 10.6 Å². The summed E-state index contributed by atoms with van der Waals surface area (Å²) in [6.07, 6.45) is 2.05. The zero-order chi connectivity index (χ0) is 12.0. The molecule has 3 N–H and O–H groups in total. The number of hydrogen-bond donors (Lipinski definition) is 3. The zero-order valence-corrected chi connectivity index (χ0v) is 9.06. The fourth-order valence-corrected chi connectivity index (χ4v) is 2.18. The van der Waals surface area contributed by atoms with Crippen molar-refractivity contribution >= 4 is 23.3 Å². The molecule has 1 saturated carbocycles. The molecule has 17 heavy (non-hydrogen) atoms. The number of rotatable bonds is 2. The smallest absolute Gasteiger partial charge is 0.337 e. The van der Waals surface area contributed by atoms with Crippen LogP contribution in [0.15, 0.2) is 18.2 Å². The highest BCUT2D eigenvalue weighted by atomic mass is 16.4. The van der Waals surface area contributed by atoms with E-state index in [1.807, 2.05) is 0 Å². The van der Waals surface area contributed by atoms with E-state index in [-0.39, 0.29) is 17.5 Å². The van der Waals surface area contributed by atoms with Crippen molar-refractivity contribution in [1.29, 1.82) is 0 Å². The van der Waals surface area contributed by atoms with Crippen molar-refractivity contribution in [3.05, 3.63) is 23.8 Å². The van der Waals surface area contributed by atoms with Gasteiger partial charge in [0.1, 0.15) is 6.04 Å². The average Bonchev–Trinajstić information content (AvgIpc) is 3.10. The highest BCUT2D eigenvalue weighted by molar-refractivity contribution is 6.08. The molecule has 1 fully saturated rings. The predicted molar refractivity (Wildman–Crippen MR) is 62.2 cm³/mol. The Morgan fingerprint density at radius 1 is 1.35 bits per heavy atom. The van der Waals surface area contributed by atoms with Crippen LogP contribution in [0.1, 0.15) is 23.2 Å². The number of anilines is 2. The Hall–Kier alpha value is -2.04. The van der Waals surface area contributed by atoms with Crippen molar-refractivity contribution < 1.29 is 14.7 Å². The maximum Gasteiger partial charge on any atom is 0.337 e. The van der Waals surface area contributed by atoms with Gasteiger partial charge in [-0.05, 0) is 30.9 Å². The van der Waals surface area contributed by atoms with Crippen LogP contribution in [0.25, 0.3) is 0 Å². The fourth-order valence-electron chi connectivity index (χ4n) is 2.18. The third-order valence-electron chi connectivity index (χ3n) is 3.23. The second-order valence-corrected chi connectivity index (χ2v) is 4.48. The maximum atomic E-state index is 11.8. The lowest BCUT2D eigenvalue weighted by atomic mass is 10.0. The fraction of sp³-hybridized carbons (Fsp3) is 0.333. The Kier molecular flexibility index (Phi) is 2.07. The lowest BCUT2D eigenvalue weighted by molar-refractivity contribution is -0.117. The second kappa shape index (κ2) is 3.48. The van der Waals surface area contributed by atoms with Crippen LogP contribution < -0.4 is 10.6 Å². The van der Waals surface area contributed by atoms with Gasteiger partial charge in [-0.2, -0.15) is 0 Å². The SMILES string of the molecule is O=C(O)c1cccc2c1NC(C1CC1)C(=O)N2. The molecule has 0 saturated heterocycles. The van der Waals surface area contributed by atoms with E-state index in [1.165, 1.54) is 6.07 Å². The topological polar surface area (TPSA) is 78.4 Å². The summed E-state index contributed by atoms with van der Waals surface area (Å²) in [7, 11) is 0. The molecular weight excluding hydrogens is 220 g/mol. The monoisotopic (exact) mass is 232 g/mol. The third-order valence-corrected chi connectivity index (χ3v) is 3.23. The van der Waals surface area contributed by atoms with Gasteiger partial charge in [-0.3, -0.25) is 4.79 Å². The summed E-state index contributed by atoms with van der Waals surface area (Å²) in [5.41, 5.74) is 1.27. The van der Waals surface area contributed by atoms with Crippen LogP contribution in [0.2, 0.25) is 0 Å². The van der Waals surface area contributed by atoms with Crippen LogP contribution in [-0.4, -0.2) is 23.0 Å². The van der Waals surface area contributed by atoms with Gasteiger partial charge in [0.25, 0.3) is 0 Å². The van der Waals surface area contributed by atoms with Crippen LogP contribution in [0.5, 0.6) is 0 Å². The molecule has 88 valence electrons. The van der Waals surface area contributed by atoms with Gasteiger partial charge < -0.3 is 15.7 Å². The van der Waals surface area contributed by atoms with E-state index in [0.717, 1.165) is 12.8 Å². The van der Waals surface area contributed by atoms with Gasteiger partial charge in [-0.25, -0.2) is 4.79 Å². The quantitative estimate of drug-likeness (QED) is 0.722. The molecule has 5 heteroatoms. The summed E-state index contributed by atoms with van der Waals surface area (Å²) in [5, 5.41) is 14.9. The number of aromatic carboxylic acids is 1. The van der Waals surface area contributed by atoms with E-state index in [0.29, 0.717) is 17.3 Å². The van der Waals surface area contributed by atoms with Crippen molar-refractivity contribution in [2.24, 2.45) is 5.92 Å². The first-order chi connectivity index (χ1) is 8.16. The van der Waals surface area contributed by atoms with E-state index in [2.05, 4.69) is 10.6 Å². The minimum Gasteiger partial charge on any atom is -0.478 e. The van der Waals surface area contributed by atoms with Crippen molar-refractivity contribution in [2.45, 2.75) is 18.9 Å². The summed E-state index contributed by atoms with van der Waals surface area (Å²) >= 11 is 0. The number of amides is 1. The molecule has 5 nitrogen and oxygen atoms in total. The number of carboxylic acids is 1. The molecule has 0 spiro atoms. The highest BCUT2D eigenvalue weighted by Crippen LogP contribution is 2.39. The standard InChI is InChI=1S/C12H12N2O3/c15-11-9(6-4-5-6)14-10-7(12(16)17)2-1-3-8(10)13-11/h1-3,6,9,14H,4-5H2,(H,13,15)(H,16,17). The molecule has 1 aromatic carbocycles. The van der Waals surface area contributed by atoms with Gasteiger partial charge in [-0.1, -0.05) is 6.07 Å². The summed E-state index contributed by atoms with van der Waals surface area (Å²) in [6.45, 7) is 0. The number of carbonyl (C=O) groups is 2. The maximum absolute atomic E-state index is 11.8. The summed E-state index contributed by atoms with van der Waals surface area (Å²) in [4.78, 5) is 22.9. The molecule has 1 aliphatic heterocycles. The molecule has 1 heterocycles. The Morgan fingerprint density at radius 2 is 2.12 bits per heavy atom. The van der Waals surface area contributed by atoms with Crippen LogP contribution in [0, 0.1) is 5.92 Å². The normalized spacial score (nSPS) is 22.4. The zero-order valence-electron chi connectivity index (χ0n) is 9.06. The molecule has 0 radical (unpaired) electrons. The van der Waals surface area contributed by atoms with E-state index in [9.17, 15) is 9.59 Å². The molecule has 1 amide bonds. The number of para-hydroxylation sites is 1. The first-order valence-corrected chi connectivity index (χ1v) is 5.60. The average molecular weight is 232 g/mol. The number of hydrogen-bond acceptors (Lipinski definition) is 3. The Labute approximate surface area is 97.8 Å². The Bertz CT molecular complexity index is 508. The van der Waals surface area contributed by atoms with E-state index >= 15 is 0 Å². The number of nitrogens with one attached hydrogen (secondary N) is 2. The minimum absolute atomic E-state index is 0.0671. The largest absolute Gasteiger partial charge is 0.478 e. The molecule has 2 aliphatic rings. The first kappa shape index (κ1) is 10.1. The van der Waals surface area contributed by atoms with Crippen LogP contribution in [0.4, 0.5) is 11.4 Å². The first-order valence-electron chi connectivity index (χ1n) is 5.60. The van der Waals surface area contributed by atoms with Crippen LogP contribution in [0.3, 0.4) is 0 Å². The number of carboxylic acid groups (broad SMARTS) is 1. The molecule has 3 rings (SSSR count). The van der Waals surface area contributed by atoms with Gasteiger partial charge in [0.15, 0.2) is 0 Å². The minimum atomic E-state index is -0.986. The van der Waals surface area contributed by atoms with Crippen LogP contribution >= 0.6 is 0 Å². The van der Waals surface area contributed by atoms with Crippen molar-refractivity contribution in [3.8, 4) is 0 Å². The molecule has 0 aromatic heterocycles. The highest BCUT2D eigenvalue weighted by Gasteiger charge is 2.39. The molecule has 1 unspecified atom stereocenters. The Morgan fingerprint density at radius 3 is 2.76 bits per heavy atom. The van der Waals surface area contributed by atoms with Gasteiger partial charge in [0.2, 0.25) is 5.91 Å². The Balaban J connectivity index is 2.02. The van der Waals surface area contributed by atoms with Gasteiger partial charge in [-0.15, -0.1) is 0 Å². The van der Waals surface area contributed by atoms with Crippen LogP contribution in [-0.2, 0) is 4.79 Å². The number of carbonyl (C=O) groups excluding carboxylic acids is 1. The molecular formula is C12H12N2O3. The number of fused-ring (bicyclic) bond motifs is 1. The van der Waals surface area contributed by atoms with E-state index in [1.54, 1.807) is 12.1 Å². The summed E-state index contributed by atoms with van der Waals surface area (Å²) in [6, 6.07) is 4.58. The predicted octanol–water partition coefficient (Wildman–Crippen LogP) is 1.53. The lowest BCUT2D eigenvalue weighted by Crippen LogP contribution is -2.41. The van der Waals surface area contributed by atoms with E-state index < -0.39 is 5.97 Å². The van der Waals surface area contributed by atoms with Crippen molar-refractivity contribution in [1.82, 2.24) is 0 Å². The molecule has 1 aliphatic carbocycles. The van der Waals surface area contributed by atoms with Crippen molar-refractivity contribution in [3.63, 3.8) is 0 Å². The second-order valence-electron chi connectivity index (χ2n) is 4.48.